The first-order chi connectivity index (χ1) is 9.69. The van der Waals surface area contributed by atoms with Gasteiger partial charge in [0.2, 0.25) is 0 Å². The van der Waals surface area contributed by atoms with Crippen LogP contribution >= 0.6 is 0 Å². The van der Waals surface area contributed by atoms with Crippen molar-refractivity contribution < 1.29 is 9.84 Å². The Labute approximate surface area is 115 Å². The van der Waals surface area contributed by atoms with Gasteiger partial charge < -0.3 is 14.8 Å². The standard InChI is InChI=1S/C15H14N2O3/c1-20-11-7-5-10(6-8-11)9-17-14-12(16-15(17)19)3-2-4-13(14)18/h2-8,18H,9H2,1H3,(H,16,19). The maximum absolute atomic E-state index is 12.0. The van der Waals surface area contributed by atoms with E-state index in [9.17, 15) is 9.90 Å². The number of nitrogens with zero attached hydrogens (tertiary/aromatic N) is 1. The van der Waals surface area contributed by atoms with E-state index in [4.69, 9.17) is 4.74 Å². The van der Waals surface area contributed by atoms with Gasteiger partial charge >= 0.3 is 5.69 Å². The average molecular weight is 270 g/mol. The molecule has 1 heterocycles. The van der Waals surface area contributed by atoms with Crippen LogP contribution in [0.4, 0.5) is 0 Å². The van der Waals surface area contributed by atoms with E-state index >= 15 is 0 Å². The van der Waals surface area contributed by atoms with E-state index in [1.54, 1.807) is 25.3 Å². The Balaban J connectivity index is 2.05. The molecule has 0 bridgehead atoms. The van der Waals surface area contributed by atoms with Crippen molar-refractivity contribution in [3.8, 4) is 11.5 Å². The molecule has 0 aliphatic carbocycles. The average Bonchev–Trinajstić information content (AvgIpc) is 2.77. The molecule has 0 aliphatic heterocycles. The van der Waals surface area contributed by atoms with E-state index in [0.29, 0.717) is 17.6 Å². The van der Waals surface area contributed by atoms with Crippen LogP contribution in [0.1, 0.15) is 5.56 Å². The molecule has 0 saturated carbocycles. The fourth-order valence-corrected chi connectivity index (χ4v) is 2.26. The van der Waals surface area contributed by atoms with Crippen molar-refractivity contribution in [1.29, 1.82) is 0 Å². The van der Waals surface area contributed by atoms with Crippen molar-refractivity contribution in [3.05, 3.63) is 58.5 Å². The second-order valence-corrected chi connectivity index (χ2v) is 4.54. The van der Waals surface area contributed by atoms with Crippen molar-refractivity contribution in [2.24, 2.45) is 0 Å². The van der Waals surface area contributed by atoms with Gasteiger partial charge in [0, 0.05) is 0 Å². The second kappa shape index (κ2) is 4.77. The van der Waals surface area contributed by atoms with E-state index in [1.165, 1.54) is 4.57 Å². The molecule has 1 aromatic heterocycles. The maximum atomic E-state index is 12.0. The molecule has 5 nitrogen and oxygen atoms in total. The number of aromatic amines is 1. The van der Waals surface area contributed by atoms with Gasteiger partial charge in [-0.25, -0.2) is 4.79 Å². The second-order valence-electron chi connectivity index (χ2n) is 4.54. The number of fused-ring (bicyclic) bond motifs is 1. The van der Waals surface area contributed by atoms with Gasteiger partial charge in [0.15, 0.2) is 0 Å². The molecule has 102 valence electrons. The molecule has 0 fully saturated rings. The Hall–Kier alpha value is -2.69. The smallest absolute Gasteiger partial charge is 0.326 e. The predicted molar refractivity (Wildman–Crippen MR) is 76.3 cm³/mol. The zero-order valence-electron chi connectivity index (χ0n) is 11.0. The largest absolute Gasteiger partial charge is 0.506 e. The number of rotatable bonds is 3. The van der Waals surface area contributed by atoms with Crippen LogP contribution in [-0.4, -0.2) is 21.8 Å². The number of phenols is 1. The highest BCUT2D eigenvalue weighted by Gasteiger charge is 2.10. The summed E-state index contributed by atoms with van der Waals surface area (Å²) in [6.07, 6.45) is 0. The third-order valence-electron chi connectivity index (χ3n) is 3.27. The van der Waals surface area contributed by atoms with Crippen LogP contribution < -0.4 is 10.4 Å². The predicted octanol–water partition coefficient (Wildman–Crippen LogP) is 2.09. The molecule has 0 unspecified atom stereocenters. The Morgan fingerprint density at radius 1 is 1.20 bits per heavy atom. The third kappa shape index (κ3) is 2.03. The fourth-order valence-electron chi connectivity index (χ4n) is 2.26. The minimum atomic E-state index is -0.239. The van der Waals surface area contributed by atoms with Gasteiger partial charge in [-0.2, -0.15) is 0 Å². The fraction of sp³-hybridized carbons (Fsp3) is 0.133. The Kier molecular flexibility index (Phi) is 2.95. The van der Waals surface area contributed by atoms with E-state index in [1.807, 2.05) is 24.3 Å². The topological polar surface area (TPSA) is 67.2 Å². The normalized spacial score (nSPS) is 10.8. The number of para-hydroxylation sites is 1. The lowest BCUT2D eigenvalue weighted by Gasteiger charge is -2.06. The number of aromatic nitrogens is 2. The van der Waals surface area contributed by atoms with Crippen molar-refractivity contribution in [1.82, 2.24) is 9.55 Å². The Morgan fingerprint density at radius 2 is 1.95 bits per heavy atom. The minimum absolute atomic E-state index is 0.0920. The number of benzene rings is 2. The number of imidazole rings is 1. The summed E-state index contributed by atoms with van der Waals surface area (Å²) in [5, 5.41) is 9.93. The molecular formula is C15H14N2O3. The number of hydrogen-bond acceptors (Lipinski definition) is 3. The van der Waals surface area contributed by atoms with E-state index in [2.05, 4.69) is 4.98 Å². The molecule has 0 radical (unpaired) electrons. The third-order valence-corrected chi connectivity index (χ3v) is 3.27. The lowest BCUT2D eigenvalue weighted by Crippen LogP contribution is -2.17. The summed E-state index contributed by atoms with van der Waals surface area (Å²) in [6, 6.07) is 12.5. The summed E-state index contributed by atoms with van der Waals surface area (Å²) in [6.45, 7) is 0.389. The Bertz CT molecular complexity index is 800. The lowest BCUT2D eigenvalue weighted by atomic mass is 10.2. The van der Waals surface area contributed by atoms with Crippen LogP contribution in [0, 0.1) is 0 Å². The van der Waals surface area contributed by atoms with Crippen LogP contribution in [0.2, 0.25) is 0 Å². The highest BCUT2D eigenvalue weighted by atomic mass is 16.5. The van der Waals surface area contributed by atoms with Crippen LogP contribution in [0.15, 0.2) is 47.3 Å². The molecule has 0 atom stereocenters. The molecule has 5 heteroatoms. The van der Waals surface area contributed by atoms with Gasteiger partial charge in [0.25, 0.3) is 0 Å². The number of phenolic OH excluding ortho intramolecular Hbond substituents is 1. The molecule has 2 aromatic carbocycles. The van der Waals surface area contributed by atoms with Gasteiger partial charge in [0.1, 0.15) is 17.0 Å². The first-order valence-corrected chi connectivity index (χ1v) is 6.22. The number of methoxy groups -OCH3 is 1. The van der Waals surface area contributed by atoms with Gasteiger partial charge in [-0.05, 0) is 29.8 Å². The van der Waals surface area contributed by atoms with Crippen molar-refractivity contribution in [2.75, 3.05) is 7.11 Å². The maximum Gasteiger partial charge on any atom is 0.326 e. The van der Waals surface area contributed by atoms with E-state index < -0.39 is 0 Å². The summed E-state index contributed by atoms with van der Waals surface area (Å²) < 4.78 is 6.62. The van der Waals surface area contributed by atoms with Crippen molar-refractivity contribution in [2.45, 2.75) is 6.54 Å². The van der Waals surface area contributed by atoms with Crippen molar-refractivity contribution in [3.63, 3.8) is 0 Å². The SMILES string of the molecule is COc1ccc(Cn2c(=O)[nH]c3cccc(O)c32)cc1. The highest BCUT2D eigenvalue weighted by molar-refractivity contribution is 5.81. The quantitative estimate of drug-likeness (QED) is 0.765. The van der Waals surface area contributed by atoms with Gasteiger partial charge in [-0.3, -0.25) is 4.57 Å². The molecule has 3 rings (SSSR count). The lowest BCUT2D eigenvalue weighted by molar-refractivity contribution is 0.414. The molecule has 3 aromatic rings. The number of ether oxygens (including phenoxy) is 1. The van der Waals surface area contributed by atoms with Crippen LogP contribution in [-0.2, 0) is 6.54 Å². The summed E-state index contributed by atoms with van der Waals surface area (Å²) in [5.74, 6) is 0.859. The molecule has 0 aliphatic rings. The van der Waals surface area contributed by atoms with Crippen LogP contribution in [0.3, 0.4) is 0 Å². The molecule has 0 amide bonds. The molecule has 2 N–H and O–H groups in total. The molecule has 20 heavy (non-hydrogen) atoms. The number of hydrogen-bond donors (Lipinski definition) is 2. The van der Waals surface area contributed by atoms with E-state index in [0.717, 1.165) is 11.3 Å². The summed E-state index contributed by atoms with van der Waals surface area (Å²) in [4.78, 5) is 14.7. The van der Waals surface area contributed by atoms with Gasteiger partial charge in [0.05, 0.1) is 19.2 Å². The number of H-pyrrole nitrogens is 1. The van der Waals surface area contributed by atoms with E-state index in [-0.39, 0.29) is 11.4 Å². The van der Waals surface area contributed by atoms with Crippen LogP contribution in [0.5, 0.6) is 11.5 Å². The van der Waals surface area contributed by atoms with Gasteiger partial charge in [-0.1, -0.05) is 18.2 Å². The zero-order valence-corrected chi connectivity index (χ0v) is 11.0. The highest BCUT2D eigenvalue weighted by Crippen LogP contribution is 2.22. The van der Waals surface area contributed by atoms with Crippen LogP contribution in [0.25, 0.3) is 11.0 Å². The van der Waals surface area contributed by atoms with Crippen molar-refractivity contribution >= 4 is 11.0 Å². The molecule has 0 saturated heterocycles. The summed E-state index contributed by atoms with van der Waals surface area (Å²) in [5.41, 5.74) is 1.87. The summed E-state index contributed by atoms with van der Waals surface area (Å²) in [7, 11) is 1.61. The molecular weight excluding hydrogens is 256 g/mol. The first kappa shape index (κ1) is 12.3. The van der Waals surface area contributed by atoms with Gasteiger partial charge in [-0.15, -0.1) is 0 Å². The minimum Gasteiger partial charge on any atom is -0.506 e. The summed E-state index contributed by atoms with van der Waals surface area (Å²) >= 11 is 0. The number of aromatic hydroxyl groups is 1. The monoisotopic (exact) mass is 270 g/mol. The number of nitrogens with one attached hydrogen (secondary N) is 1. The molecule has 0 spiro atoms. The first-order valence-electron chi connectivity index (χ1n) is 6.22. The Morgan fingerprint density at radius 3 is 2.65 bits per heavy atom. The zero-order chi connectivity index (χ0) is 14.1.